The van der Waals surface area contributed by atoms with Gasteiger partial charge in [0.2, 0.25) is 5.88 Å². The molecular weight excluding hydrogens is 229 g/mol. The Labute approximate surface area is 87.0 Å². The topological polar surface area (TPSA) is 85.2 Å². The number of alkyl halides is 3. The second-order valence-corrected chi connectivity index (χ2v) is 2.78. The fourth-order valence-electron chi connectivity index (χ4n) is 1.02. The number of hydrogen-bond donors (Lipinski definition) is 2. The van der Waals surface area contributed by atoms with Gasteiger partial charge in [-0.25, -0.2) is 0 Å². The first kappa shape index (κ1) is 12.2. The van der Waals surface area contributed by atoms with Gasteiger partial charge in [-0.15, -0.1) is 13.2 Å². The predicted octanol–water partition coefficient (Wildman–Crippen LogP) is 0.545. The zero-order chi connectivity index (χ0) is 12.3. The Bertz CT molecular complexity index is 453. The van der Waals surface area contributed by atoms with Crippen LogP contribution in [0, 0.1) is 0 Å². The highest BCUT2D eigenvalue weighted by Crippen LogP contribution is 2.23. The molecule has 5 nitrogen and oxygen atoms in total. The largest absolute Gasteiger partial charge is 0.574 e. The second kappa shape index (κ2) is 4.35. The molecule has 0 saturated carbocycles. The number of nitrogens with one attached hydrogen (secondary N) is 1. The molecule has 0 aliphatic carbocycles. The maximum atomic E-state index is 11.9. The molecular formula is C8H7F3N2O3. The number of pyridine rings is 1. The predicted molar refractivity (Wildman–Crippen MR) is 47.0 cm³/mol. The van der Waals surface area contributed by atoms with Crippen LogP contribution in [0.3, 0.4) is 0 Å². The molecule has 3 N–H and O–H groups in total. The Balaban J connectivity index is 3.24. The molecule has 88 valence electrons. The number of carbonyl (C=O) groups excluding carboxylic acids is 1. The minimum Gasteiger partial charge on any atom is -0.389 e. The Morgan fingerprint density at radius 1 is 1.50 bits per heavy atom. The molecule has 8 heteroatoms. The van der Waals surface area contributed by atoms with Crippen molar-refractivity contribution in [3.05, 3.63) is 27.5 Å². The minimum absolute atomic E-state index is 0.112. The van der Waals surface area contributed by atoms with Crippen molar-refractivity contribution < 1.29 is 22.7 Å². The lowest BCUT2D eigenvalue weighted by Gasteiger charge is -2.11. The van der Waals surface area contributed by atoms with Crippen LogP contribution in [0.25, 0.3) is 0 Å². The molecule has 1 aromatic heterocycles. The van der Waals surface area contributed by atoms with E-state index in [2.05, 4.69) is 4.74 Å². The summed E-state index contributed by atoms with van der Waals surface area (Å²) in [5.74, 6) is -0.800. The van der Waals surface area contributed by atoms with E-state index in [4.69, 9.17) is 5.73 Å². The van der Waals surface area contributed by atoms with E-state index in [-0.39, 0.29) is 24.0 Å². The minimum atomic E-state index is -4.93. The monoisotopic (exact) mass is 236 g/mol. The Hall–Kier alpha value is -1.83. The summed E-state index contributed by atoms with van der Waals surface area (Å²) in [5, 5.41) is 0. The third-order valence-corrected chi connectivity index (χ3v) is 1.68. The molecule has 0 fully saturated rings. The molecule has 0 bridgehead atoms. The summed E-state index contributed by atoms with van der Waals surface area (Å²) in [6.07, 6.45) is -4.72. The first-order chi connectivity index (χ1) is 7.37. The molecule has 1 rings (SSSR count). The normalized spacial score (nSPS) is 11.2. The summed E-state index contributed by atoms with van der Waals surface area (Å²) in [7, 11) is 0. The number of ether oxygens (including phenoxy) is 1. The maximum Gasteiger partial charge on any atom is 0.574 e. The van der Waals surface area contributed by atoms with Crippen molar-refractivity contribution in [3.8, 4) is 5.88 Å². The lowest BCUT2D eigenvalue weighted by molar-refractivity contribution is -0.276. The van der Waals surface area contributed by atoms with E-state index in [1.807, 2.05) is 0 Å². The van der Waals surface area contributed by atoms with Crippen LogP contribution in [-0.4, -0.2) is 17.6 Å². The number of hydrogen-bond acceptors (Lipinski definition) is 4. The van der Waals surface area contributed by atoms with Gasteiger partial charge in [-0.2, -0.15) is 0 Å². The fourth-order valence-corrected chi connectivity index (χ4v) is 1.02. The molecule has 0 spiro atoms. The van der Waals surface area contributed by atoms with E-state index in [9.17, 15) is 22.8 Å². The van der Waals surface area contributed by atoms with Crippen molar-refractivity contribution in [2.75, 3.05) is 0 Å². The molecule has 1 heterocycles. The highest BCUT2D eigenvalue weighted by Gasteiger charge is 2.32. The van der Waals surface area contributed by atoms with Gasteiger partial charge >= 0.3 is 6.36 Å². The van der Waals surface area contributed by atoms with E-state index in [1.54, 1.807) is 4.98 Å². The van der Waals surface area contributed by atoms with Gasteiger partial charge in [0, 0.05) is 12.1 Å². The van der Waals surface area contributed by atoms with E-state index >= 15 is 0 Å². The van der Waals surface area contributed by atoms with Crippen LogP contribution >= 0.6 is 0 Å². The van der Waals surface area contributed by atoms with Crippen molar-refractivity contribution in [1.29, 1.82) is 0 Å². The quantitative estimate of drug-likeness (QED) is 0.750. The number of aromatic amines is 1. The molecule has 16 heavy (non-hydrogen) atoms. The number of nitrogens with two attached hydrogens (primary N) is 1. The van der Waals surface area contributed by atoms with E-state index in [0.717, 1.165) is 6.07 Å². The molecule has 0 radical (unpaired) electrons. The van der Waals surface area contributed by atoms with Crippen LogP contribution in [0.4, 0.5) is 13.2 Å². The molecule has 0 aliphatic rings. The Morgan fingerprint density at radius 3 is 2.56 bits per heavy atom. The average Bonchev–Trinajstić information content (AvgIpc) is 2.16. The van der Waals surface area contributed by atoms with Crippen molar-refractivity contribution in [2.24, 2.45) is 5.73 Å². The van der Waals surface area contributed by atoms with Crippen LogP contribution in [0.5, 0.6) is 5.88 Å². The van der Waals surface area contributed by atoms with Gasteiger partial charge < -0.3 is 10.5 Å². The van der Waals surface area contributed by atoms with Crippen LogP contribution in [0.15, 0.2) is 10.9 Å². The van der Waals surface area contributed by atoms with Gasteiger partial charge in [-0.05, 0) is 6.07 Å². The number of rotatable bonds is 3. The first-order valence-corrected chi connectivity index (χ1v) is 4.04. The third-order valence-electron chi connectivity index (χ3n) is 1.68. The maximum absolute atomic E-state index is 11.9. The zero-order valence-corrected chi connectivity index (χ0v) is 7.80. The van der Waals surface area contributed by atoms with Crippen LogP contribution in [0.2, 0.25) is 0 Å². The van der Waals surface area contributed by atoms with Crippen LogP contribution in [0.1, 0.15) is 15.9 Å². The van der Waals surface area contributed by atoms with Crippen molar-refractivity contribution in [2.45, 2.75) is 12.9 Å². The highest BCUT2D eigenvalue weighted by molar-refractivity contribution is 5.74. The van der Waals surface area contributed by atoms with Crippen LogP contribution in [-0.2, 0) is 6.54 Å². The van der Waals surface area contributed by atoms with Crippen LogP contribution < -0.4 is 16.0 Å². The SMILES string of the molecule is NCc1cc(C=O)c(=O)[nH]c1OC(F)(F)F. The first-order valence-electron chi connectivity index (χ1n) is 4.04. The molecule has 0 unspecified atom stereocenters. The summed E-state index contributed by atoms with van der Waals surface area (Å²) in [4.78, 5) is 23.2. The molecule has 0 aromatic carbocycles. The van der Waals surface area contributed by atoms with Gasteiger partial charge in [0.15, 0.2) is 6.29 Å². The zero-order valence-electron chi connectivity index (χ0n) is 7.80. The fraction of sp³-hybridized carbons (Fsp3) is 0.250. The summed E-state index contributed by atoms with van der Waals surface area (Å²) in [6, 6.07) is 0.951. The second-order valence-electron chi connectivity index (χ2n) is 2.78. The number of H-pyrrole nitrogens is 1. The molecule has 0 aliphatic heterocycles. The van der Waals surface area contributed by atoms with Crippen molar-refractivity contribution >= 4 is 6.29 Å². The number of aromatic nitrogens is 1. The van der Waals surface area contributed by atoms with Gasteiger partial charge in [0.05, 0.1) is 5.56 Å². The lowest BCUT2D eigenvalue weighted by atomic mass is 10.2. The smallest absolute Gasteiger partial charge is 0.389 e. The van der Waals surface area contributed by atoms with Gasteiger partial charge in [0.1, 0.15) is 0 Å². The summed E-state index contributed by atoms with van der Waals surface area (Å²) >= 11 is 0. The van der Waals surface area contributed by atoms with E-state index < -0.39 is 17.8 Å². The number of aldehydes is 1. The Kier molecular flexibility index (Phi) is 3.33. The van der Waals surface area contributed by atoms with Crippen molar-refractivity contribution in [1.82, 2.24) is 4.98 Å². The third kappa shape index (κ3) is 2.83. The molecule has 1 aromatic rings. The average molecular weight is 236 g/mol. The van der Waals surface area contributed by atoms with E-state index in [0.29, 0.717) is 0 Å². The van der Waals surface area contributed by atoms with Gasteiger partial charge in [0.25, 0.3) is 5.56 Å². The number of carbonyl (C=O) groups is 1. The highest BCUT2D eigenvalue weighted by atomic mass is 19.4. The molecule has 0 saturated heterocycles. The summed E-state index contributed by atoms with van der Waals surface area (Å²) in [5.41, 5.74) is 3.77. The lowest BCUT2D eigenvalue weighted by Crippen LogP contribution is -2.23. The molecule has 0 atom stereocenters. The summed E-state index contributed by atoms with van der Waals surface area (Å²) < 4.78 is 39.3. The van der Waals surface area contributed by atoms with Gasteiger partial charge in [-0.3, -0.25) is 14.6 Å². The van der Waals surface area contributed by atoms with Crippen molar-refractivity contribution in [3.63, 3.8) is 0 Å². The summed E-state index contributed by atoms with van der Waals surface area (Å²) in [6.45, 7) is -0.303. The number of halogens is 3. The van der Waals surface area contributed by atoms with Gasteiger partial charge in [-0.1, -0.05) is 0 Å². The standard InChI is InChI=1S/C8H7F3N2O3/c9-8(10,11)16-7-4(2-12)1-5(3-14)6(15)13-7/h1,3H,2,12H2,(H,13,15). The molecule has 0 amide bonds. The Morgan fingerprint density at radius 2 is 2.12 bits per heavy atom. The van der Waals surface area contributed by atoms with E-state index in [1.165, 1.54) is 0 Å².